The molecule has 0 radical (unpaired) electrons. The quantitative estimate of drug-likeness (QED) is 0.205. The molecule has 0 saturated heterocycles. The normalized spacial score (nSPS) is 10.7. The lowest BCUT2D eigenvalue weighted by Gasteiger charge is -2.20. The number of aliphatic carboxylic acids is 1. The van der Waals surface area contributed by atoms with E-state index in [0.29, 0.717) is 0 Å². The smallest absolute Gasteiger partial charge is 0.394 e. The maximum atomic E-state index is 9.32. The van der Waals surface area contributed by atoms with Gasteiger partial charge in [-0.3, -0.25) is 4.79 Å². The van der Waals surface area contributed by atoms with Crippen LogP contribution in [0.5, 0.6) is 0 Å². The molecule has 0 spiro atoms. The van der Waals surface area contributed by atoms with Crippen LogP contribution < -0.4 is 17.2 Å². The molecule has 134 valence electrons. The molecule has 12 heteroatoms. The maximum absolute atomic E-state index is 9.32. The highest BCUT2D eigenvalue weighted by atomic mass is 16.4. The molecule has 1 amide bonds. The molecule has 13 N–H and O–H groups in total. The van der Waals surface area contributed by atoms with E-state index >= 15 is 0 Å². The number of aliphatic hydroxyl groups excluding tert-OH is 6. The number of hydrogen-bond donors (Lipinski definition) is 10. The van der Waals surface area contributed by atoms with Gasteiger partial charge in [0.05, 0.1) is 50.7 Å². The number of carbonyl (C=O) groups excluding carboxylic acids is 1. The van der Waals surface area contributed by atoms with Gasteiger partial charge in [-0.2, -0.15) is 0 Å². The van der Waals surface area contributed by atoms with Gasteiger partial charge in [0.2, 0.25) is 0 Å². The van der Waals surface area contributed by atoms with Crippen molar-refractivity contribution in [2.45, 2.75) is 11.1 Å². The summed E-state index contributed by atoms with van der Waals surface area (Å²) in [7, 11) is 0. The van der Waals surface area contributed by atoms with Crippen LogP contribution in [0.2, 0.25) is 0 Å². The third kappa shape index (κ3) is 13.6. The summed E-state index contributed by atoms with van der Waals surface area (Å²) in [5.41, 5.74) is 12.1. The van der Waals surface area contributed by atoms with Crippen LogP contribution >= 0.6 is 0 Å². The molecule has 0 rings (SSSR count). The topological polar surface area (TPSA) is 254 Å². The fraction of sp³-hybridized carbons (Fsp3) is 0.800. The number of rotatable bonds is 6. The zero-order valence-corrected chi connectivity index (χ0v) is 11.9. The van der Waals surface area contributed by atoms with E-state index in [1.54, 1.807) is 0 Å². The summed E-state index contributed by atoms with van der Waals surface area (Å²) in [6.45, 7) is -2.42. The Kier molecular flexibility index (Phi) is 15.4. The first-order chi connectivity index (χ1) is 10.0. The molecule has 0 aliphatic heterocycles. The van der Waals surface area contributed by atoms with Crippen LogP contribution in [0.15, 0.2) is 0 Å². The van der Waals surface area contributed by atoms with E-state index in [-0.39, 0.29) is 0 Å². The Balaban J connectivity index is -0.000000249. The summed E-state index contributed by atoms with van der Waals surface area (Å²) in [5, 5.41) is 57.6. The van der Waals surface area contributed by atoms with Crippen LogP contribution in [0.1, 0.15) is 0 Å². The molecule has 12 nitrogen and oxygen atoms in total. The van der Waals surface area contributed by atoms with Gasteiger partial charge in [0.1, 0.15) is 0 Å². The molecule has 0 fully saturated rings. The van der Waals surface area contributed by atoms with Crippen molar-refractivity contribution in [3.05, 3.63) is 0 Å². The van der Waals surface area contributed by atoms with Crippen molar-refractivity contribution in [3.8, 4) is 0 Å². The zero-order chi connectivity index (χ0) is 18.4. The van der Waals surface area contributed by atoms with Gasteiger partial charge < -0.3 is 52.9 Å². The lowest BCUT2D eigenvalue weighted by molar-refractivity contribution is -0.148. The van der Waals surface area contributed by atoms with Crippen molar-refractivity contribution in [2.75, 3.05) is 39.6 Å². The molecule has 0 aromatic carbocycles. The van der Waals surface area contributed by atoms with E-state index in [0.717, 1.165) is 0 Å². The second kappa shape index (κ2) is 13.3. The van der Waals surface area contributed by atoms with Gasteiger partial charge in [0, 0.05) is 0 Å². The van der Waals surface area contributed by atoms with Crippen molar-refractivity contribution in [3.63, 3.8) is 0 Å². The van der Waals surface area contributed by atoms with Crippen molar-refractivity contribution < 1.29 is 45.3 Å². The van der Waals surface area contributed by atoms with Gasteiger partial charge >= 0.3 is 11.9 Å². The molecule has 0 aromatic heterocycles. The van der Waals surface area contributed by atoms with Crippen LogP contribution in [0.3, 0.4) is 0 Å². The number of carboxylic acids is 1. The molecule has 0 bridgehead atoms. The lowest BCUT2D eigenvalue weighted by atomic mass is 10.1. The standard InChI is InChI=1S/2C4H11NO3.C2H3NO3/c2*5-4(1-6,2-7)3-8;3-1(4)2(5)6/h2*6-8H,1-3,5H2;(H2,3,4)(H,5,6). The first-order valence-corrected chi connectivity index (χ1v) is 5.77. The van der Waals surface area contributed by atoms with Crippen molar-refractivity contribution in [1.82, 2.24) is 0 Å². The second-order valence-electron chi connectivity index (χ2n) is 4.34. The highest BCUT2D eigenvalue weighted by Gasteiger charge is 2.21. The van der Waals surface area contributed by atoms with E-state index in [1.165, 1.54) is 0 Å². The highest BCUT2D eigenvalue weighted by Crippen LogP contribution is 1.93. The molecule has 0 aliphatic carbocycles. The fourth-order valence-electron chi connectivity index (χ4n) is 0.300. The van der Waals surface area contributed by atoms with Crippen molar-refractivity contribution in [1.29, 1.82) is 0 Å². The van der Waals surface area contributed by atoms with Crippen molar-refractivity contribution in [2.24, 2.45) is 17.2 Å². The summed E-state index contributed by atoms with van der Waals surface area (Å²) in [6, 6.07) is 0. The van der Waals surface area contributed by atoms with E-state index in [1.807, 2.05) is 0 Å². The zero-order valence-electron chi connectivity index (χ0n) is 11.9. The Morgan fingerprint density at radius 2 is 0.818 bits per heavy atom. The molecular weight excluding hydrogens is 306 g/mol. The van der Waals surface area contributed by atoms with Gasteiger partial charge in [-0.1, -0.05) is 0 Å². The van der Waals surface area contributed by atoms with Gasteiger partial charge in [-0.05, 0) is 0 Å². The Labute approximate surface area is 126 Å². The van der Waals surface area contributed by atoms with E-state index < -0.39 is 62.6 Å². The SMILES string of the molecule is NC(=O)C(=O)O.NC(CO)(CO)CO.NC(CO)(CO)CO. The first-order valence-electron chi connectivity index (χ1n) is 5.77. The molecule has 0 heterocycles. The third-order valence-electron chi connectivity index (χ3n) is 2.10. The molecule has 0 unspecified atom stereocenters. The average molecular weight is 331 g/mol. The largest absolute Gasteiger partial charge is 0.474 e. The average Bonchev–Trinajstić information content (AvgIpc) is 2.54. The predicted octanol–water partition coefficient (Wildman–Crippen LogP) is -6.12. The minimum Gasteiger partial charge on any atom is -0.474 e. The minimum atomic E-state index is -1.60. The van der Waals surface area contributed by atoms with Gasteiger partial charge in [-0.25, -0.2) is 4.79 Å². The number of amides is 1. The molecule has 0 atom stereocenters. The Bertz CT molecular complexity index is 259. The summed E-state index contributed by atoms with van der Waals surface area (Å²) < 4.78 is 0. The van der Waals surface area contributed by atoms with E-state index in [2.05, 4.69) is 5.73 Å². The molecule has 0 saturated carbocycles. The molecular formula is C10H25N3O9. The van der Waals surface area contributed by atoms with Crippen molar-refractivity contribution >= 4 is 11.9 Å². The number of carbonyl (C=O) groups is 2. The van der Waals surface area contributed by atoms with Gasteiger partial charge in [0.25, 0.3) is 0 Å². The van der Waals surface area contributed by atoms with Gasteiger partial charge in [-0.15, -0.1) is 0 Å². The monoisotopic (exact) mass is 331 g/mol. The Morgan fingerprint density at radius 1 is 0.682 bits per heavy atom. The number of nitrogens with two attached hydrogens (primary N) is 3. The van der Waals surface area contributed by atoms with Gasteiger partial charge in [0.15, 0.2) is 0 Å². The summed E-state index contributed by atoms with van der Waals surface area (Å²) in [5.74, 6) is -2.93. The molecule has 22 heavy (non-hydrogen) atoms. The second-order valence-corrected chi connectivity index (χ2v) is 4.34. The third-order valence-corrected chi connectivity index (χ3v) is 2.10. The lowest BCUT2D eigenvalue weighted by Crippen LogP contribution is -2.50. The summed E-state index contributed by atoms with van der Waals surface area (Å²) in [6.07, 6.45) is 0. The summed E-state index contributed by atoms with van der Waals surface area (Å²) >= 11 is 0. The van der Waals surface area contributed by atoms with Crippen LogP contribution in [-0.4, -0.2) is 98.3 Å². The van der Waals surface area contributed by atoms with Crippen LogP contribution in [-0.2, 0) is 9.59 Å². The number of hydrogen-bond acceptors (Lipinski definition) is 10. The van der Waals surface area contributed by atoms with Crippen LogP contribution in [0.25, 0.3) is 0 Å². The van der Waals surface area contributed by atoms with E-state index in [9.17, 15) is 9.59 Å². The summed E-state index contributed by atoms with van der Waals surface area (Å²) in [4.78, 5) is 18.5. The first kappa shape index (κ1) is 25.6. The van der Waals surface area contributed by atoms with Crippen LogP contribution in [0, 0.1) is 0 Å². The molecule has 0 aromatic rings. The predicted molar refractivity (Wildman–Crippen MR) is 73.2 cm³/mol. The van der Waals surface area contributed by atoms with Crippen LogP contribution in [0.4, 0.5) is 0 Å². The number of aliphatic hydroxyl groups is 6. The number of carboxylic acid groups (broad SMARTS) is 1. The Hall–Kier alpha value is -1.38. The highest BCUT2D eigenvalue weighted by molar-refractivity contribution is 6.30. The maximum Gasteiger partial charge on any atom is 0.394 e. The fourth-order valence-corrected chi connectivity index (χ4v) is 0.300. The molecule has 0 aliphatic rings. The number of primary amides is 1. The van der Waals surface area contributed by atoms with E-state index in [4.69, 9.17) is 47.2 Å². The Morgan fingerprint density at radius 3 is 0.818 bits per heavy atom. The minimum absolute atomic E-state index is 0.403.